The molecule has 1 heterocycles. The largest absolute Gasteiger partial charge is 0.493 e. The molecule has 0 atom stereocenters. The molecule has 3 aromatic rings. The molecule has 0 unspecified atom stereocenters. The summed E-state index contributed by atoms with van der Waals surface area (Å²) in [5.74, 6) is 2.32. The number of methoxy groups -OCH3 is 6. The molecule has 3 aromatic carbocycles. The summed E-state index contributed by atoms with van der Waals surface area (Å²) in [5, 5.41) is 1.48. The number of carbonyl (C=O) groups is 1. The quantitative estimate of drug-likeness (QED) is 0.505. The Morgan fingerprint density at radius 1 is 0.656 bits per heavy atom. The fraction of sp³-hybridized carbons (Fsp3) is 0.292. The van der Waals surface area contributed by atoms with Gasteiger partial charge >= 0.3 is 5.97 Å². The maximum atomic E-state index is 12.8. The summed E-state index contributed by atoms with van der Waals surface area (Å²) in [7, 11) is 9.25. The molecular formula is C24H24O8. The van der Waals surface area contributed by atoms with Crippen LogP contribution in [0.1, 0.15) is 15.9 Å². The molecule has 4 rings (SSSR count). The van der Waals surface area contributed by atoms with E-state index in [-0.39, 0.29) is 6.61 Å². The normalized spacial score (nSPS) is 12.2. The van der Waals surface area contributed by atoms with Crippen LogP contribution in [0.3, 0.4) is 0 Å². The first kappa shape index (κ1) is 21.4. The van der Waals surface area contributed by atoms with Crippen LogP contribution in [0.4, 0.5) is 0 Å². The summed E-state index contributed by atoms with van der Waals surface area (Å²) < 4.78 is 38.8. The fourth-order valence-electron chi connectivity index (χ4n) is 4.17. The minimum Gasteiger partial charge on any atom is -0.493 e. The van der Waals surface area contributed by atoms with E-state index in [0.29, 0.717) is 56.6 Å². The van der Waals surface area contributed by atoms with Gasteiger partial charge < -0.3 is 33.2 Å². The summed E-state index contributed by atoms with van der Waals surface area (Å²) in [6, 6.07) is 7.33. The van der Waals surface area contributed by atoms with Crippen LogP contribution in [0, 0.1) is 0 Å². The lowest BCUT2D eigenvalue weighted by Crippen LogP contribution is -2.03. The maximum Gasteiger partial charge on any atom is 0.339 e. The molecule has 8 heteroatoms. The van der Waals surface area contributed by atoms with Crippen LogP contribution >= 0.6 is 0 Å². The van der Waals surface area contributed by atoms with Gasteiger partial charge in [-0.25, -0.2) is 4.79 Å². The zero-order chi connectivity index (χ0) is 23.0. The van der Waals surface area contributed by atoms with E-state index in [1.807, 2.05) is 12.1 Å². The zero-order valence-electron chi connectivity index (χ0n) is 18.8. The molecule has 0 aliphatic carbocycles. The Labute approximate surface area is 185 Å². The third kappa shape index (κ3) is 3.10. The Balaban J connectivity index is 2.20. The minimum atomic E-state index is -0.414. The molecule has 0 N–H and O–H groups in total. The van der Waals surface area contributed by atoms with Crippen molar-refractivity contribution in [3.63, 3.8) is 0 Å². The number of ether oxygens (including phenoxy) is 7. The van der Waals surface area contributed by atoms with Crippen LogP contribution in [0.5, 0.6) is 34.5 Å². The molecule has 0 spiro atoms. The van der Waals surface area contributed by atoms with Gasteiger partial charge in [-0.1, -0.05) is 0 Å². The average Bonchev–Trinajstić information content (AvgIpc) is 3.20. The highest BCUT2D eigenvalue weighted by Gasteiger charge is 2.31. The summed E-state index contributed by atoms with van der Waals surface area (Å²) in [4.78, 5) is 12.8. The lowest BCUT2D eigenvalue weighted by atomic mass is 9.89. The molecule has 1 aliphatic rings. The summed E-state index contributed by atoms with van der Waals surface area (Å²) in [5.41, 5.74) is 2.51. The van der Waals surface area contributed by atoms with Crippen LogP contribution in [-0.4, -0.2) is 48.6 Å². The van der Waals surface area contributed by atoms with E-state index in [1.54, 1.807) is 26.4 Å². The molecule has 168 valence electrons. The van der Waals surface area contributed by atoms with Crippen molar-refractivity contribution in [2.45, 2.75) is 6.61 Å². The second-order valence-electron chi connectivity index (χ2n) is 7.02. The van der Waals surface area contributed by atoms with E-state index >= 15 is 0 Å². The summed E-state index contributed by atoms with van der Waals surface area (Å²) in [6.45, 7) is 0.179. The Bertz CT molecular complexity index is 1190. The van der Waals surface area contributed by atoms with Crippen LogP contribution in [-0.2, 0) is 11.3 Å². The third-order valence-electron chi connectivity index (χ3n) is 5.53. The monoisotopic (exact) mass is 440 g/mol. The number of hydrogen-bond acceptors (Lipinski definition) is 8. The predicted molar refractivity (Wildman–Crippen MR) is 118 cm³/mol. The molecule has 32 heavy (non-hydrogen) atoms. The number of esters is 1. The Morgan fingerprint density at radius 2 is 1.22 bits per heavy atom. The lowest BCUT2D eigenvalue weighted by molar-refractivity contribution is 0.0535. The Morgan fingerprint density at radius 3 is 1.75 bits per heavy atom. The summed E-state index contributed by atoms with van der Waals surface area (Å²) in [6.07, 6.45) is 0. The summed E-state index contributed by atoms with van der Waals surface area (Å²) >= 11 is 0. The van der Waals surface area contributed by atoms with Crippen LogP contribution in [0.15, 0.2) is 24.3 Å². The number of carbonyl (C=O) groups excluding carboxylic acids is 1. The molecule has 0 amide bonds. The van der Waals surface area contributed by atoms with E-state index in [1.165, 1.54) is 28.4 Å². The SMILES string of the molecule is COc1cc(-c2c3c(cc4cc(OC)c(OC)c(OC)c24)COC3=O)cc(OC)c1OC. The Kier molecular flexibility index (Phi) is 5.61. The number of fused-ring (bicyclic) bond motifs is 2. The van der Waals surface area contributed by atoms with Crippen molar-refractivity contribution in [3.8, 4) is 45.6 Å². The van der Waals surface area contributed by atoms with E-state index in [9.17, 15) is 4.79 Å². The van der Waals surface area contributed by atoms with Crippen molar-refractivity contribution < 1.29 is 38.0 Å². The van der Waals surface area contributed by atoms with Crippen LogP contribution < -0.4 is 28.4 Å². The highest BCUT2D eigenvalue weighted by Crippen LogP contribution is 2.51. The third-order valence-corrected chi connectivity index (χ3v) is 5.53. The van der Waals surface area contributed by atoms with E-state index in [4.69, 9.17) is 33.2 Å². The van der Waals surface area contributed by atoms with Gasteiger partial charge in [0.2, 0.25) is 11.5 Å². The highest BCUT2D eigenvalue weighted by molar-refractivity contribution is 6.14. The van der Waals surface area contributed by atoms with Gasteiger partial charge in [0.05, 0.1) is 48.2 Å². The van der Waals surface area contributed by atoms with Crippen LogP contribution in [0.2, 0.25) is 0 Å². The molecular weight excluding hydrogens is 416 g/mol. The van der Waals surface area contributed by atoms with Gasteiger partial charge in [0.15, 0.2) is 23.0 Å². The van der Waals surface area contributed by atoms with Crippen molar-refractivity contribution in [1.29, 1.82) is 0 Å². The lowest BCUT2D eigenvalue weighted by Gasteiger charge is -2.20. The van der Waals surface area contributed by atoms with E-state index in [0.717, 1.165) is 10.9 Å². The zero-order valence-corrected chi connectivity index (χ0v) is 18.8. The van der Waals surface area contributed by atoms with Gasteiger partial charge in [-0.3, -0.25) is 0 Å². The van der Waals surface area contributed by atoms with Crippen molar-refractivity contribution in [2.24, 2.45) is 0 Å². The molecule has 8 nitrogen and oxygen atoms in total. The number of benzene rings is 3. The van der Waals surface area contributed by atoms with Crippen LogP contribution in [0.25, 0.3) is 21.9 Å². The number of rotatable bonds is 7. The number of cyclic esters (lactones) is 1. The van der Waals surface area contributed by atoms with Crippen molar-refractivity contribution in [2.75, 3.05) is 42.7 Å². The second kappa shape index (κ2) is 8.37. The van der Waals surface area contributed by atoms with Crippen molar-refractivity contribution in [3.05, 3.63) is 35.4 Å². The van der Waals surface area contributed by atoms with Gasteiger partial charge in [-0.2, -0.15) is 0 Å². The molecule has 0 radical (unpaired) electrons. The van der Waals surface area contributed by atoms with Gasteiger partial charge in [0.1, 0.15) is 6.61 Å². The molecule has 0 aromatic heterocycles. The molecule has 0 saturated heterocycles. The molecule has 0 fully saturated rings. The molecule has 0 saturated carbocycles. The molecule has 1 aliphatic heterocycles. The highest BCUT2D eigenvalue weighted by atomic mass is 16.5. The first-order valence-corrected chi connectivity index (χ1v) is 9.78. The second-order valence-corrected chi connectivity index (χ2v) is 7.02. The molecule has 0 bridgehead atoms. The smallest absolute Gasteiger partial charge is 0.339 e. The van der Waals surface area contributed by atoms with Gasteiger partial charge in [-0.05, 0) is 35.2 Å². The number of hydrogen-bond donors (Lipinski definition) is 0. The standard InChI is InChI=1S/C24H24O8/c1-26-15-9-13(10-16(27-2)21(15)29-4)18-19-12(7-14-11-32-24(25)20(14)18)8-17(28-3)22(30-5)23(19)31-6/h7-10H,11H2,1-6H3. The van der Waals surface area contributed by atoms with Gasteiger partial charge in [-0.15, -0.1) is 0 Å². The first-order valence-electron chi connectivity index (χ1n) is 9.78. The van der Waals surface area contributed by atoms with Crippen molar-refractivity contribution >= 4 is 16.7 Å². The fourth-order valence-corrected chi connectivity index (χ4v) is 4.17. The predicted octanol–water partition coefficient (Wildman–Crippen LogP) is 4.23. The van der Waals surface area contributed by atoms with E-state index < -0.39 is 5.97 Å². The van der Waals surface area contributed by atoms with Gasteiger partial charge in [0, 0.05) is 16.5 Å². The topological polar surface area (TPSA) is 81.7 Å². The van der Waals surface area contributed by atoms with Gasteiger partial charge in [0.25, 0.3) is 0 Å². The van der Waals surface area contributed by atoms with Crippen molar-refractivity contribution in [1.82, 2.24) is 0 Å². The first-order chi connectivity index (χ1) is 15.5. The minimum absolute atomic E-state index is 0.179. The van der Waals surface area contributed by atoms with E-state index in [2.05, 4.69) is 0 Å². The average molecular weight is 440 g/mol. The maximum absolute atomic E-state index is 12.8. The Hall–Kier alpha value is -3.81.